The van der Waals surface area contributed by atoms with Crippen molar-refractivity contribution >= 4 is 26.7 Å². The van der Waals surface area contributed by atoms with Crippen molar-refractivity contribution < 1.29 is 17.9 Å². The smallest absolute Gasteiger partial charge is 0.265 e. The molecular weight excluding hydrogens is 428 g/mol. The highest BCUT2D eigenvalue weighted by molar-refractivity contribution is 7.92. The van der Waals surface area contributed by atoms with E-state index in [2.05, 4.69) is 10.1 Å². The standard InChI is InChI=1S/C23H30N4O4S/c1-17(2)14-27(23-22(30-3)5-4-10-24-23)32(28,29)20-6-7-21-19(13-20)16-26(25-21)15-18-8-11-31-12-9-18/h4-7,10,13,16-18H,8-9,11-12,14-15H2,1-3H3. The Kier molecular flexibility index (Phi) is 6.66. The second-order valence-electron chi connectivity index (χ2n) is 8.59. The van der Waals surface area contributed by atoms with E-state index in [1.807, 2.05) is 24.7 Å². The van der Waals surface area contributed by atoms with Crippen LogP contribution in [0.1, 0.15) is 26.7 Å². The van der Waals surface area contributed by atoms with Crippen molar-refractivity contribution in [1.29, 1.82) is 0 Å². The average Bonchev–Trinajstić information content (AvgIpc) is 3.19. The van der Waals surface area contributed by atoms with Crippen LogP contribution in [0.15, 0.2) is 47.6 Å². The summed E-state index contributed by atoms with van der Waals surface area (Å²) in [6, 6.07) is 8.52. The molecule has 8 nitrogen and oxygen atoms in total. The highest BCUT2D eigenvalue weighted by Crippen LogP contribution is 2.32. The van der Waals surface area contributed by atoms with Gasteiger partial charge < -0.3 is 9.47 Å². The number of fused-ring (bicyclic) bond motifs is 1. The van der Waals surface area contributed by atoms with Gasteiger partial charge in [0, 0.05) is 44.1 Å². The molecule has 1 aromatic carbocycles. The number of ether oxygens (including phenoxy) is 2. The Morgan fingerprint density at radius 3 is 2.75 bits per heavy atom. The first kappa shape index (κ1) is 22.5. The van der Waals surface area contributed by atoms with Gasteiger partial charge in [-0.25, -0.2) is 17.7 Å². The summed E-state index contributed by atoms with van der Waals surface area (Å²) in [5, 5.41) is 5.45. The third kappa shape index (κ3) is 4.73. The van der Waals surface area contributed by atoms with Crippen molar-refractivity contribution in [2.75, 3.05) is 31.2 Å². The molecule has 1 aliphatic rings. The van der Waals surface area contributed by atoms with Crippen LogP contribution in [-0.2, 0) is 21.3 Å². The molecule has 9 heteroatoms. The summed E-state index contributed by atoms with van der Waals surface area (Å²) in [6.07, 6.45) is 5.54. The van der Waals surface area contributed by atoms with E-state index >= 15 is 0 Å². The van der Waals surface area contributed by atoms with E-state index in [0.29, 0.717) is 17.5 Å². The zero-order valence-electron chi connectivity index (χ0n) is 18.8. The maximum atomic E-state index is 13.7. The summed E-state index contributed by atoms with van der Waals surface area (Å²) in [5.74, 6) is 1.34. The lowest BCUT2D eigenvalue weighted by molar-refractivity contribution is 0.0602. The van der Waals surface area contributed by atoms with Gasteiger partial charge in [0.2, 0.25) is 0 Å². The van der Waals surface area contributed by atoms with Crippen molar-refractivity contribution in [2.45, 2.75) is 38.1 Å². The minimum Gasteiger partial charge on any atom is -0.493 e. The topological polar surface area (TPSA) is 86.5 Å². The van der Waals surface area contributed by atoms with Crippen LogP contribution in [0.5, 0.6) is 5.75 Å². The zero-order valence-corrected chi connectivity index (χ0v) is 19.6. The fraction of sp³-hybridized carbons (Fsp3) is 0.478. The number of pyridine rings is 1. The van der Waals surface area contributed by atoms with E-state index in [0.717, 1.165) is 43.5 Å². The fourth-order valence-corrected chi connectivity index (χ4v) is 5.62. The lowest BCUT2D eigenvalue weighted by Crippen LogP contribution is -2.35. The lowest BCUT2D eigenvalue weighted by Gasteiger charge is -2.26. The number of nitrogens with zero attached hydrogens (tertiary/aromatic N) is 4. The minimum absolute atomic E-state index is 0.0995. The molecule has 0 aliphatic carbocycles. The first-order chi connectivity index (χ1) is 15.4. The summed E-state index contributed by atoms with van der Waals surface area (Å²) < 4.78 is 41.5. The molecule has 4 rings (SSSR count). The Labute approximate surface area is 189 Å². The Morgan fingerprint density at radius 1 is 1.25 bits per heavy atom. The van der Waals surface area contributed by atoms with Crippen LogP contribution < -0.4 is 9.04 Å². The molecule has 3 aromatic rings. The van der Waals surface area contributed by atoms with E-state index in [1.54, 1.807) is 36.5 Å². The highest BCUT2D eigenvalue weighted by Gasteiger charge is 2.29. The second kappa shape index (κ2) is 9.46. The third-order valence-electron chi connectivity index (χ3n) is 5.64. The van der Waals surface area contributed by atoms with E-state index in [9.17, 15) is 8.42 Å². The Balaban J connectivity index is 1.68. The maximum absolute atomic E-state index is 13.7. The van der Waals surface area contributed by atoms with Gasteiger partial charge in [-0.1, -0.05) is 13.8 Å². The molecule has 0 radical (unpaired) electrons. The Hall–Kier alpha value is -2.65. The van der Waals surface area contributed by atoms with E-state index in [4.69, 9.17) is 9.47 Å². The normalized spacial score (nSPS) is 15.4. The van der Waals surface area contributed by atoms with E-state index < -0.39 is 10.0 Å². The molecule has 0 spiro atoms. The van der Waals surface area contributed by atoms with Crippen LogP contribution in [-0.4, -0.2) is 50.1 Å². The summed E-state index contributed by atoms with van der Waals surface area (Å²) in [6.45, 7) is 6.62. The van der Waals surface area contributed by atoms with Gasteiger partial charge >= 0.3 is 0 Å². The number of hydrogen-bond acceptors (Lipinski definition) is 6. The number of benzene rings is 1. The number of sulfonamides is 1. The van der Waals surface area contributed by atoms with Crippen molar-refractivity contribution in [3.05, 3.63) is 42.7 Å². The van der Waals surface area contributed by atoms with E-state index in [1.165, 1.54) is 11.4 Å². The molecule has 32 heavy (non-hydrogen) atoms. The molecule has 0 N–H and O–H groups in total. The predicted octanol–water partition coefficient (Wildman–Crippen LogP) is 3.72. The SMILES string of the molecule is COc1cccnc1N(CC(C)C)S(=O)(=O)c1ccc2nn(CC3CCOCC3)cc2c1. The highest BCUT2D eigenvalue weighted by atomic mass is 32.2. The van der Waals surface area contributed by atoms with Crippen molar-refractivity contribution in [3.63, 3.8) is 0 Å². The predicted molar refractivity (Wildman–Crippen MR) is 123 cm³/mol. The summed E-state index contributed by atoms with van der Waals surface area (Å²) in [4.78, 5) is 4.53. The zero-order chi connectivity index (χ0) is 22.7. The molecule has 2 aromatic heterocycles. The van der Waals surface area contributed by atoms with Gasteiger partial charge in [-0.2, -0.15) is 5.10 Å². The summed E-state index contributed by atoms with van der Waals surface area (Å²) >= 11 is 0. The van der Waals surface area contributed by atoms with Gasteiger partial charge in [0.15, 0.2) is 11.6 Å². The molecule has 3 heterocycles. The molecule has 0 bridgehead atoms. The summed E-state index contributed by atoms with van der Waals surface area (Å²) in [5.41, 5.74) is 0.779. The van der Waals surface area contributed by atoms with Gasteiger partial charge in [0.25, 0.3) is 10.0 Å². The number of hydrogen-bond donors (Lipinski definition) is 0. The van der Waals surface area contributed by atoms with Crippen LogP contribution in [0.4, 0.5) is 5.82 Å². The third-order valence-corrected chi connectivity index (χ3v) is 7.39. The molecule has 0 saturated carbocycles. The van der Waals surface area contributed by atoms with Crippen molar-refractivity contribution in [2.24, 2.45) is 11.8 Å². The van der Waals surface area contributed by atoms with Crippen molar-refractivity contribution in [3.8, 4) is 5.75 Å². The molecule has 0 atom stereocenters. The molecule has 0 amide bonds. The average molecular weight is 459 g/mol. The molecule has 0 unspecified atom stereocenters. The van der Waals surface area contributed by atoms with Gasteiger partial charge in [-0.3, -0.25) is 4.68 Å². The number of aromatic nitrogens is 3. The van der Waals surface area contributed by atoms with Crippen LogP contribution in [0.2, 0.25) is 0 Å². The minimum atomic E-state index is -3.85. The van der Waals surface area contributed by atoms with Gasteiger partial charge in [0.1, 0.15) is 0 Å². The van der Waals surface area contributed by atoms with E-state index in [-0.39, 0.29) is 17.4 Å². The number of anilines is 1. The number of methoxy groups -OCH3 is 1. The molecule has 172 valence electrons. The van der Waals surface area contributed by atoms with Crippen LogP contribution in [0.25, 0.3) is 10.9 Å². The van der Waals surface area contributed by atoms with Gasteiger partial charge in [-0.05, 0) is 55.0 Å². The first-order valence-corrected chi connectivity index (χ1v) is 12.4. The molecule has 1 fully saturated rings. The Morgan fingerprint density at radius 2 is 2.03 bits per heavy atom. The van der Waals surface area contributed by atoms with Crippen molar-refractivity contribution in [1.82, 2.24) is 14.8 Å². The quantitative estimate of drug-likeness (QED) is 0.511. The van der Waals surface area contributed by atoms with Crippen LogP contribution in [0, 0.1) is 11.8 Å². The monoisotopic (exact) mass is 458 g/mol. The molecule has 1 saturated heterocycles. The second-order valence-corrected chi connectivity index (χ2v) is 10.4. The fourth-order valence-electron chi connectivity index (χ4n) is 3.99. The maximum Gasteiger partial charge on any atom is 0.265 e. The lowest BCUT2D eigenvalue weighted by atomic mass is 10.0. The van der Waals surface area contributed by atoms with Crippen LogP contribution in [0.3, 0.4) is 0 Å². The largest absolute Gasteiger partial charge is 0.493 e. The molecular formula is C23H30N4O4S. The molecule has 1 aliphatic heterocycles. The summed E-state index contributed by atoms with van der Waals surface area (Å²) in [7, 11) is -2.34. The first-order valence-electron chi connectivity index (χ1n) is 10.9. The van der Waals surface area contributed by atoms with Gasteiger partial charge in [-0.15, -0.1) is 0 Å². The van der Waals surface area contributed by atoms with Gasteiger partial charge in [0.05, 0.1) is 17.5 Å². The van der Waals surface area contributed by atoms with Crippen LogP contribution >= 0.6 is 0 Å². The Bertz CT molecular complexity index is 1170. The number of rotatable bonds is 8.